The average molecular weight is 357 g/mol. The second-order valence-corrected chi connectivity index (χ2v) is 6.84. The van der Waals surface area contributed by atoms with Gasteiger partial charge in [0.25, 0.3) is 5.91 Å². The predicted molar refractivity (Wildman–Crippen MR) is 109 cm³/mol. The third kappa shape index (κ3) is 4.00. The van der Waals surface area contributed by atoms with E-state index in [2.05, 4.69) is 9.88 Å². The van der Waals surface area contributed by atoms with Crippen molar-refractivity contribution in [2.75, 3.05) is 22.9 Å². The van der Waals surface area contributed by atoms with Gasteiger partial charge in [-0.25, -0.2) is 0 Å². The first-order chi connectivity index (χ1) is 13.3. The largest absolute Gasteiger partial charge is 0.370 e. The minimum atomic E-state index is -0.0291. The number of carbonyl (C=O) groups excluding carboxylic acids is 1. The van der Waals surface area contributed by atoms with Gasteiger partial charge in [-0.05, 0) is 36.6 Å². The normalized spacial score (nSPS) is 13.6. The fourth-order valence-electron chi connectivity index (χ4n) is 3.50. The Labute approximate surface area is 160 Å². The molecule has 136 valence electrons. The molecule has 0 N–H and O–H groups in total. The van der Waals surface area contributed by atoms with Crippen LogP contribution in [0, 0.1) is 0 Å². The van der Waals surface area contributed by atoms with Crippen LogP contribution in [0.1, 0.15) is 28.8 Å². The van der Waals surface area contributed by atoms with Gasteiger partial charge in [-0.15, -0.1) is 0 Å². The standard InChI is InChI=1S/C23H23N3O/c27-23(20-15-22(17-24-16-20)25-13-7-8-14-25)26(21-11-5-2-6-12-21)18-19-9-3-1-4-10-19/h1-6,9-12,15-17H,7-8,13-14,18H2. The number of aromatic nitrogens is 1. The van der Waals surface area contributed by atoms with Gasteiger partial charge in [0.2, 0.25) is 0 Å². The highest BCUT2D eigenvalue weighted by Gasteiger charge is 2.20. The molecule has 0 aliphatic carbocycles. The second kappa shape index (κ2) is 8.04. The maximum absolute atomic E-state index is 13.4. The number of rotatable bonds is 5. The first-order valence-corrected chi connectivity index (χ1v) is 9.42. The molecule has 4 heteroatoms. The minimum absolute atomic E-state index is 0.0291. The van der Waals surface area contributed by atoms with Gasteiger partial charge in [0.05, 0.1) is 24.0 Å². The molecule has 1 aromatic heterocycles. The Kier molecular flexibility index (Phi) is 5.15. The lowest BCUT2D eigenvalue weighted by molar-refractivity contribution is 0.0985. The van der Waals surface area contributed by atoms with E-state index in [9.17, 15) is 4.79 Å². The number of para-hydroxylation sites is 1. The van der Waals surface area contributed by atoms with Gasteiger partial charge >= 0.3 is 0 Å². The zero-order valence-corrected chi connectivity index (χ0v) is 15.3. The molecule has 2 heterocycles. The van der Waals surface area contributed by atoms with Crippen molar-refractivity contribution in [3.05, 3.63) is 90.3 Å². The van der Waals surface area contributed by atoms with Gasteiger partial charge < -0.3 is 9.80 Å². The molecule has 27 heavy (non-hydrogen) atoms. The summed E-state index contributed by atoms with van der Waals surface area (Å²) in [4.78, 5) is 21.8. The molecule has 1 aliphatic rings. The lowest BCUT2D eigenvalue weighted by atomic mass is 10.1. The van der Waals surface area contributed by atoms with Gasteiger partial charge in [-0.1, -0.05) is 48.5 Å². The summed E-state index contributed by atoms with van der Waals surface area (Å²) < 4.78 is 0. The monoisotopic (exact) mass is 357 g/mol. The van der Waals surface area contributed by atoms with Crippen LogP contribution >= 0.6 is 0 Å². The molecular weight excluding hydrogens is 334 g/mol. The molecule has 0 bridgehead atoms. The summed E-state index contributed by atoms with van der Waals surface area (Å²) >= 11 is 0. The number of hydrogen-bond acceptors (Lipinski definition) is 3. The quantitative estimate of drug-likeness (QED) is 0.673. The Balaban J connectivity index is 1.65. The second-order valence-electron chi connectivity index (χ2n) is 6.84. The lowest BCUT2D eigenvalue weighted by Gasteiger charge is -2.24. The number of pyridine rings is 1. The summed E-state index contributed by atoms with van der Waals surface area (Å²) in [6, 6.07) is 21.9. The van der Waals surface area contributed by atoms with Gasteiger partial charge in [-0.2, -0.15) is 0 Å². The van der Waals surface area contributed by atoms with Crippen molar-refractivity contribution < 1.29 is 4.79 Å². The first kappa shape index (κ1) is 17.3. The summed E-state index contributed by atoms with van der Waals surface area (Å²) in [6.07, 6.45) is 5.92. The van der Waals surface area contributed by atoms with E-state index in [1.54, 1.807) is 6.20 Å². The van der Waals surface area contributed by atoms with Gasteiger partial charge in [0.1, 0.15) is 0 Å². The highest BCUT2D eigenvalue weighted by atomic mass is 16.2. The van der Waals surface area contributed by atoms with Crippen LogP contribution < -0.4 is 9.80 Å². The van der Waals surface area contributed by atoms with Gasteiger partial charge in [0, 0.05) is 25.0 Å². The predicted octanol–water partition coefficient (Wildman–Crippen LogP) is 4.53. The molecule has 1 amide bonds. The first-order valence-electron chi connectivity index (χ1n) is 9.42. The van der Waals surface area contributed by atoms with Crippen LogP contribution in [-0.4, -0.2) is 24.0 Å². The van der Waals surface area contributed by atoms with Crippen molar-refractivity contribution in [3.8, 4) is 0 Å². The molecule has 0 spiro atoms. The van der Waals surface area contributed by atoms with Crippen molar-refractivity contribution in [1.82, 2.24) is 4.98 Å². The number of nitrogens with zero attached hydrogens (tertiary/aromatic N) is 3. The van der Waals surface area contributed by atoms with Crippen molar-refractivity contribution in [2.24, 2.45) is 0 Å². The van der Waals surface area contributed by atoms with Crippen molar-refractivity contribution >= 4 is 17.3 Å². The molecule has 1 aliphatic heterocycles. The summed E-state index contributed by atoms with van der Waals surface area (Å²) in [6.45, 7) is 2.59. The van der Waals surface area contributed by atoms with E-state index in [1.807, 2.05) is 77.8 Å². The SMILES string of the molecule is O=C(c1cncc(N2CCCC2)c1)N(Cc1ccccc1)c1ccccc1. The summed E-state index contributed by atoms with van der Waals surface area (Å²) in [5, 5.41) is 0. The van der Waals surface area contributed by atoms with Crippen molar-refractivity contribution in [1.29, 1.82) is 0 Å². The Morgan fingerprint density at radius 2 is 1.59 bits per heavy atom. The number of benzene rings is 2. The minimum Gasteiger partial charge on any atom is -0.370 e. The third-order valence-corrected chi connectivity index (χ3v) is 4.94. The molecular formula is C23H23N3O. The molecule has 0 atom stereocenters. The summed E-state index contributed by atoms with van der Waals surface area (Å²) in [5.41, 5.74) is 3.64. The average Bonchev–Trinajstić information content (AvgIpc) is 3.28. The highest BCUT2D eigenvalue weighted by molar-refractivity contribution is 6.06. The van der Waals surface area contributed by atoms with Gasteiger partial charge in [0.15, 0.2) is 0 Å². The fraction of sp³-hybridized carbons (Fsp3) is 0.217. The Morgan fingerprint density at radius 3 is 2.30 bits per heavy atom. The van der Waals surface area contributed by atoms with E-state index in [0.717, 1.165) is 30.0 Å². The van der Waals surface area contributed by atoms with E-state index in [0.29, 0.717) is 12.1 Å². The maximum Gasteiger partial charge on any atom is 0.260 e. The van der Waals surface area contributed by atoms with Crippen LogP contribution in [0.2, 0.25) is 0 Å². The molecule has 0 saturated carbocycles. The summed E-state index contributed by atoms with van der Waals surface area (Å²) in [7, 11) is 0. The van der Waals surface area contributed by atoms with E-state index in [-0.39, 0.29) is 5.91 Å². The number of anilines is 2. The molecule has 0 unspecified atom stereocenters. The number of amides is 1. The molecule has 3 aromatic rings. The van der Waals surface area contributed by atoms with E-state index in [4.69, 9.17) is 0 Å². The Morgan fingerprint density at radius 1 is 0.926 bits per heavy atom. The van der Waals surface area contributed by atoms with Crippen LogP contribution in [0.3, 0.4) is 0 Å². The molecule has 4 nitrogen and oxygen atoms in total. The molecule has 0 radical (unpaired) electrons. The van der Waals surface area contributed by atoms with Crippen LogP contribution in [0.25, 0.3) is 0 Å². The van der Waals surface area contributed by atoms with Crippen LogP contribution in [0.15, 0.2) is 79.1 Å². The fourth-order valence-corrected chi connectivity index (χ4v) is 3.50. The van der Waals surface area contributed by atoms with E-state index >= 15 is 0 Å². The third-order valence-electron chi connectivity index (χ3n) is 4.94. The van der Waals surface area contributed by atoms with Crippen LogP contribution in [0.4, 0.5) is 11.4 Å². The van der Waals surface area contributed by atoms with Crippen molar-refractivity contribution in [3.63, 3.8) is 0 Å². The van der Waals surface area contributed by atoms with Crippen LogP contribution in [0.5, 0.6) is 0 Å². The summed E-state index contributed by atoms with van der Waals surface area (Å²) in [5.74, 6) is -0.0291. The lowest BCUT2D eigenvalue weighted by Crippen LogP contribution is -2.30. The van der Waals surface area contributed by atoms with Crippen molar-refractivity contribution in [2.45, 2.75) is 19.4 Å². The Hall–Kier alpha value is -3.14. The van der Waals surface area contributed by atoms with E-state index < -0.39 is 0 Å². The topological polar surface area (TPSA) is 36.4 Å². The zero-order chi connectivity index (χ0) is 18.5. The molecule has 2 aromatic carbocycles. The molecule has 4 rings (SSSR count). The maximum atomic E-state index is 13.4. The number of carbonyl (C=O) groups is 1. The smallest absolute Gasteiger partial charge is 0.260 e. The Bertz CT molecular complexity index is 890. The molecule has 1 fully saturated rings. The molecule has 1 saturated heterocycles. The number of hydrogen-bond donors (Lipinski definition) is 0. The zero-order valence-electron chi connectivity index (χ0n) is 15.3. The van der Waals surface area contributed by atoms with E-state index in [1.165, 1.54) is 12.8 Å². The highest BCUT2D eigenvalue weighted by Crippen LogP contribution is 2.23. The van der Waals surface area contributed by atoms with Crippen LogP contribution in [-0.2, 0) is 6.54 Å². The van der Waals surface area contributed by atoms with Gasteiger partial charge in [-0.3, -0.25) is 9.78 Å².